The average Bonchev–Trinajstić information content (AvgIpc) is 3.13. The Kier molecular flexibility index (Phi) is 6.39. The fourth-order valence-electron chi connectivity index (χ4n) is 3.74. The van der Waals surface area contributed by atoms with Crippen LogP contribution in [0.25, 0.3) is 11.1 Å². The lowest BCUT2D eigenvalue weighted by Crippen LogP contribution is -2.50. The Morgan fingerprint density at radius 3 is 2.41 bits per heavy atom. The van der Waals surface area contributed by atoms with Crippen LogP contribution in [-0.2, 0) is 21.3 Å². The molecule has 0 unspecified atom stereocenters. The van der Waals surface area contributed by atoms with Gasteiger partial charge < -0.3 is 14.1 Å². The monoisotopic (exact) mass is 490 g/mol. The maximum Gasteiger partial charge on any atom is 0.420 e. The number of sulfonamides is 1. The highest BCUT2D eigenvalue weighted by Gasteiger charge is 2.31. The van der Waals surface area contributed by atoms with Crippen molar-refractivity contribution in [1.29, 1.82) is 0 Å². The second-order valence-electron chi connectivity index (χ2n) is 7.60. The highest BCUT2D eigenvalue weighted by molar-refractivity contribution is 7.89. The van der Waals surface area contributed by atoms with Crippen molar-refractivity contribution in [3.05, 3.63) is 68.7 Å². The van der Waals surface area contributed by atoms with E-state index in [1.165, 1.54) is 56.2 Å². The summed E-state index contributed by atoms with van der Waals surface area (Å²) in [5.74, 6) is -0.675. The van der Waals surface area contributed by atoms with Gasteiger partial charge in [0.2, 0.25) is 10.0 Å². The minimum absolute atomic E-state index is 0.0270. The number of nitrogens with zero attached hydrogens (tertiary/aromatic N) is 4. The Morgan fingerprint density at radius 1 is 1.12 bits per heavy atom. The van der Waals surface area contributed by atoms with Crippen molar-refractivity contribution in [3.8, 4) is 0 Å². The molecule has 180 valence electrons. The molecule has 0 atom stereocenters. The maximum atomic E-state index is 13.1. The van der Waals surface area contributed by atoms with Crippen LogP contribution >= 0.6 is 0 Å². The molecule has 1 fully saturated rings. The molecule has 1 amide bonds. The number of nitro groups is 1. The van der Waals surface area contributed by atoms with Gasteiger partial charge in [0.25, 0.3) is 5.69 Å². The Bertz CT molecular complexity index is 1390. The van der Waals surface area contributed by atoms with Gasteiger partial charge in [0.1, 0.15) is 0 Å². The van der Waals surface area contributed by atoms with Gasteiger partial charge in [-0.05, 0) is 24.6 Å². The first-order valence-corrected chi connectivity index (χ1v) is 11.9. The molecule has 0 aliphatic carbocycles. The van der Waals surface area contributed by atoms with Crippen LogP contribution in [0.2, 0.25) is 0 Å². The number of ether oxygens (including phenoxy) is 1. The molecule has 1 aliphatic rings. The van der Waals surface area contributed by atoms with Crippen LogP contribution in [0, 0.1) is 10.1 Å². The standard InChI is InChI=1S/C21H22N4O8S/c1-2-32-20(26)22-9-11-23(12-10-22)34(30,31)17-7-8-18-19(13-17)33-21(27)24(18)14-15-3-5-16(6-4-15)25(28)29/h3-8,13H,2,9-12,14H2,1H3. The van der Waals surface area contributed by atoms with Gasteiger partial charge in [-0.25, -0.2) is 18.0 Å². The van der Waals surface area contributed by atoms with Crippen molar-refractivity contribution >= 4 is 32.9 Å². The quantitative estimate of drug-likeness (QED) is 0.377. The number of carbonyl (C=O) groups excluding carboxylic acids is 1. The van der Waals surface area contributed by atoms with Crippen molar-refractivity contribution in [2.45, 2.75) is 18.4 Å². The van der Waals surface area contributed by atoms with E-state index in [1.807, 2.05) is 0 Å². The molecule has 12 nitrogen and oxygen atoms in total. The average molecular weight is 490 g/mol. The van der Waals surface area contributed by atoms with Gasteiger partial charge in [0.15, 0.2) is 5.58 Å². The van der Waals surface area contributed by atoms with E-state index in [1.54, 1.807) is 6.92 Å². The zero-order chi connectivity index (χ0) is 24.5. The summed E-state index contributed by atoms with van der Waals surface area (Å²) < 4.78 is 39.1. The molecule has 3 aromatic rings. The summed E-state index contributed by atoms with van der Waals surface area (Å²) in [5, 5.41) is 10.8. The molecule has 1 aliphatic heterocycles. The molecule has 0 N–H and O–H groups in total. The van der Waals surface area contributed by atoms with Gasteiger partial charge in [-0.15, -0.1) is 0 Å². The van der Waals surface area contributed by atoms with Crippen LogP contribution in [0.1, 0.15) is 12.5 Å². The number of non-ortho nitro benzene ring substituents is 1. The number of hydrogen-bond donors (Lipinski definition) is 0. The van der Waals surface area contributed by atoms with E-state index in [0.29, 0.717) is 11.1 Å². The lowest BCUT2D eigenvalue weighted by Gasteiger charge is -2.33. The summed E-state index contributed by atoms with van der Waals surface area (Å²) in [6.45, 7) is 2.70. The van der Waals surface area contributed by atoms with Crippen molar-refractivity contribution in [3.63, 3.8) is 0 Å². The fraction of sp³-hybridized carbons (Fsp3) is 0.333. The SMILES string of the molecule is CCOC(=O)N1CCN(S(=O)(=O)c2ccc3c(c2)oc(=O)n3Cc2ccc([N+](=O)[O-])cc2)CC1. The van der Waals surface area contributed by atoms with Crippen LogP contribution in [0.5, 0.6) is 0 Å². The van der Waals surface area contributed by atoms with Gasteiger partial charge in [0.05, 0.1) is 28.5 Å². The van der Waals surface area contributed by atoms with Crippen LogP contribution < -0.4 is 5.76 Å². The molecular formula is C21H22N4O8S. The number of aromatic nitrogens is 1. The summed E-state index contributed by atoms with van der Waals surface area (Å²) in [4.78, 5) is 36.0. The zero-order valence-electron chi connectivity index (χ0n) is 18.2. The van der Waals surface area contributed by atoms with Crippen LogP contribution in [0.3, 0.4) is 0 Å². The number of fused-ring (bicyclic) bond motifs is 1. The third kappa shape index (κ3) is 4.52. The summed E-state index contributed by atoms with van der Waals surface area (Å²) in [7, 11) is -3.87. The number of benzene rings is 2. The van der Waals surface area contributed by atoms with Crippen molar-refractivity contribution in [2.75, 3.05) is 32.8 Å². The van der Waals surface area contributed by atoms with Gasteiger partial charge >= 0.3 is 11.8 Å². The van der Waals surface area contributed by atoms with Crippen LogP contribution in [-0.4, -0.2) is 66.0 Å². The number of amides is 1. The van der Waals surface area contributed by atoms with Crippen molar-refractivity contribution in [2.24, 2.45) is 0 Å². The number of oxazole rings is 1. The summed E-state index contributed by atoms with van der Waals surface area (Å²) in [5.41, 5.74) is 1.09. The van der Waals surface area contributed by atoms with E-state index in [0.717, 1.165) is 0 Å². The molecule has 1 aromatic heterocycles. The summed E-state index contributed by atoms with van der Waals surface area (Å²) >= 11 is 0. The molecular weight excluding hydrogens is 468 g/mol. The number of rotatable bonds is 6. The number of hydrogen-bond acceptors (Lipinski definition) is 8. The number of nitro benzene ring substituents is 1. The predicted octanol–water partition coefficient (Wildman–Crippen LogP) is 2.01. The third-order valence-electron chi connectivity index (χ3n) is 5.53. The molecule has 0 bridgehead atoms. The molecule has 2 aromatic carbocycles. The summed E-state index contributed by atoms with van der Waals surface area (Å²) in [6, 6.07) is 9.96. The molecule has 0 saturated carbocycles. The van der Waals surface area contributed by atoms with Gasteiger partial charge in [-0.2, -0.15) is 4.31 Å². The van der Waals surface area contributed by atoms with E-state index < -0.39 is 26.8 Å². The lowest BCUT2D eigenvalue weighted by molar-refractivity contribution is -0.384. The number of piperazine rings is 1. The fourth-order valence-corrected chi connectivity index (χ4v) is 5.18. The minimum Gasteiger partial charge on any atom is -0.450 e. The Hall–Kier alpha value is -3.71. The van der Waals surface area contributed by atoms with E-state index in [-0.39, 0.29) is 55.5 Å². The van der Waals surface area contributed by atoms with Crippen molar-refractivity contribution < 1.29 is 27.3 Å². The van der Waals surface area contributed by atoms with E-state index in [2.05, 4.69) is 0 Å². The Labute approximate surface area is 194 Å². The van der Waals surface area contributed by atoms with Gasteiger partial charge in [-0.3, -0.25) is 14.7 Å². The minimum atomic E-state index is -3.87. The molecule has 0 radical (unpaired) electrons. The highest BCUT2D eigenvalue weighted by atomic mass is 32.2. The topological polar surface area (TPSA) is 145 Å². The Morgan fingerprint density at radius 2 is 1.79 bits per heavy atom. The molecule has 13 heteroatoms. The van der Waals surface area contributed by atoms with E-state index >= 15 is 0 Å². The molecule has 1 saturated heterocycles. The first kappa shape index (κ1) is 23.4. The zero-order valence-corrected chi connectivity index (χ0v) is 19.1. The second-order valence-corrected chi connectivity index (χ2v) is 9.54. The first-order chi connectivity index (χ1) is 16.2. The second kappa shape index (κ2) is 9.27. The van der Waals surface area contributed by atoms with Gasteiger partial charge in [0, 0.05) is 44.4 Å². The van der Waals surface area contributed by atoms with Crippen molar-refractivity contribution in [1.82, 2.24) is 13.8 Å². The summed E-state index contributed by atoms with van der Waals surface area (Å²) in [6.07, 6.45) is -0.475. The molecule has 2 heterocycles. The highest BCUT2D eigenvalue weighted by Crippen LogP contribution is 2.23. The van der Waals surface area contributed by atoms with Crippen LogP contribution in [0.4, 0.5) is 10.5 Å². The number of carbonyl (C=O) groups is 1. The molecule has 4 rings (SSSR count). The third-order valence-corrected chi connectivity index (χ3v) is 7.42. The lowest BCUT2D eigenvalue weighted by atomic mass is 10.2. The predicted molar refractivity (Wildman–Crippen MR) is 120 cm³/mol. The first-order valence-electron chi connectivity index (χ1n) is 10.5. The Balaban J connectivity index is 1.54. The molecule has 0 spiro atoms. The van der Waals surface area contributed by atoms with Crippen LogP contribution in [0.15, 0.2) is 56.6 Å². The smallest absolute Gasteiger partial charge is 0.420 e. The normalized spacial score (nSPS) is 14.9. The maximum absolute atomic E-state index is 13.1. The van der Waals surface area contributed by atoms with Gasteiger partial charge in [-0.1, -0.05) is 12.1 Å². The van der Waals surface area contributed by atoms with E-state index in [9.17, 15) is 28.1 Å². The molecule has 34 heavy (non-hydrogen) atoms. The van der Waals surface area contributed by atoms with E-state index in [4.69, 9.17) is 9.15 Å². The largest absolute Gasteiger partial charge is 0.450 e.